The first-order chi connectivity index (χ1) is 13.0. The molecule has 142 valence electrons. The lowest BCUT2D eigenvalue weighted by Crippen LogP contribution is -2.50. The Morgan fingerprint density at radius 1 is 1.11 bits per heavy atom. The fourth-order valence-electron chi connectivity index (χ4n) is 6.82. The molecule has 6 heterocycles. The number of piperidine rings is 1. The van der Waals surface area contributed by atoms with Gasteiger partial charge in [-0.3, -0.25) is 4.99 Å². The van der Waals surface area contributed by atoms with E-state index in [4.69, 9.17) is 14.7 Å². The number of aliphatic imine (C=N–C) groups is 2. The Bertz CT molecular complexity index is 857. The molecule has 0 N–H and O–H groups in total. The van der Waals surface area contributed by atoms with Gasteiger partial charge in [0.25, 0.3) is 5.92 Å². The van der Waals surface area contributed by atoms with Crippen molar-refractivity contribution in [2.45, 2.75) is 75.3 Å². The van der Waals surface area contributed by atoms with Crippen molar-refractivity contribution in [2.24, 2.45) is 27.7 Å². The summed E-state index contributed by atoms with van der Waals surface area (Å²) in [5.41, 5.74) is 3.24. The lowest BCUT2D eigenvalue weighted by Gasteiger charge is -2.39. The standard InChI is InChI=1S/C21H23F2N3O/c1-9-2-11-5-16(10-3-14-15(4-10)21(14,22)23)25-19(11)20(24-9)26-12-6-13-8-17(26)18(7-12)27-13/h2,5,10,12-15,17-19H,3-4,6-8H2,1H3. The highest BCUT2D eigenvalue weighted by atomic mass is 19.3. The minimum atomic E-state index is -2.41. The molecule has 6 heteroatoms. The largest absolute Gasteiger partial charge is 0.373 e. The maximum atomic E-state index is 13.6. The van der Waals surface area contributed by atoms with E-state index in [1.807, 2.05) is 6.92 Å². The van der Waals surface area contributed by atoms with Gasteiger partial charge < -0.3 is 9.64 Å². The highest BCUT2D eigenvalue weighted by Gasteiger charge is 2.71. The Hall–Kier alpha value is -1.56. The van der Waals surface area contributed by atoms with E-state index in [1.54, 1.807) is 0 Å². The number of hydrogen-bond acceptors (Lipinski definition) is 4. The molecule has 0 aromatic rings. The van der Waals surface area contributed by atoms with Crippen LogP contribution in [0.5, 0.6) is 0 Å². The molecule has 4 bridgehead atoms. The number of amidine groups is 1. The number of fused-ring (bicyclic) bond motifs is 2. The van der Waals surface area contributed by atoms with Gasteiger partial charge in [-0.1, -0.05) is 0 Å². The maximum Gasteiger partial charge on any atom is 0.254 e. The Labute approximate surface area is 157 Å². The van der Waals surface area contributed by atoms with Crippen LogP contribution in [0.1, 0.15) is 39.0 Å². The summed E-state index contributed by atoms with van der Waals surface area (Å²) < 4.78 is 33.3. The highest BCUT2D eigenvalue weighted by Crippen LogP contribution is 2.66. The summed E-state index contributed by atoms with van der Waals surface area (Å²) in [6.45, 7) is 2.04. The molecule has 0 aromatic heterocycles. The van der Waals surface area contributed by atoms with Gasteiger partial charge in [0.05, 0.1) is 18.2 Å². The van der Waals surface area contributed by atoms with Gasteiger partial charge in [0.1, 0.15) is 11.9 Å². The Morgan fingerprint density at radius 2 is 1.93 bits per heavy atom. The number of nitrogens with zero attached hydrogens (tertiary/aromatic N) is 3. The smallest absolute Gasteiger partial charge is 0.254 e. The molecule has 0 radical (unpaired) electrons. The fraction of sp³-hybridized carbons (Fsp3) is 0.714. The molecule has 0 spiro atoms. The first-order valence-electron chi connectivity index (χ1n) is 10.4. The van der Waals surface area contributed by atoms with Crippen molar-refractivity contribution in [2.75, 3.05) is 0 Å². The molecule has 2 aliphatic carbocycles. The Morgan fingerprint density at radius 3 is 2.70 bits per heavy atom. The summed E-state index contributed by atoms with van der Waals surface area (Å²) in [7, 11) is 0. The first kappa shape index (κ1) is 15.4. The molecule has 8 rings (SSSR count). The highest BCUT2D eigenvalue weighted by molar-refractivity contribution is 6.07. The van der Waals surface area contributed by atoms with Gasteiger partial charge in [-0.05, 0) is 56.8 Å². The Kier molecular flexibility index (Phi) is 2.68. The van der Waals surface area contributed by atoms with Crippen LogP contribution < -0.4 is 0 Å². The average Bonchev–Trinajstić information content (AvgIpc) is 3.16. The van der Waals surface area contributed by atoms with Crippen molar-refractivity contribution in [3.05, 3.63) is 23.4 Å². The van der Waals surface area contributed by atoms with Crippen LogP contribution >= 0.6 is 0 Å². The second-order valence-electron chi connectivity index (χ2n) is 9.54. The number of halogens is 2. The van der Waals surface area contributed by atoms with Crippen molar-refractivity contribution >= 4 is 11.5 Å². The van der Waals surface area contributed by atoms with Crippen molar-refractivity contribution in [1.82, 2.24) is 4.90 Å². The van der Waals surface area contributed by atoms with Gasteiger partial charge in [0.2, 0.25) is 0 Å². The molecule has 0 amide bonds. The summed E-state index contributed by atoms with van der Waals surface area (Å²) in [6.07, 6.45) is 9.56. The van der Waals surface area contributed by atoms with Gasteiger partial charge in [0, 0.05) is 35.2 Å². The summed E-state index contributed by atoms with van der Waals surface area (Å²) in [6, 6.07) is 0.923. The van der Waals surface area contributed by atoms with Crippen LogP contribution in [-0.2, 0) is 4.74 Å². The van der Waals surface area contributed by atoms with Crippen LogP contribution in [-0.4, -0.2) is 52.7 Å². The van der Waals surface area contributed by atoms with E-state index in [9.17, 15) is 8.78 Å². The lowest BCUT2D eigenvalue weighted by atomic mass is 9.95. The predicted octanol–water partition coefficient (Wildman–Crippen LogP) is 3.35. The molecular weight excluding hydrogens is 348 g/mol. The SMILES string of the molecule is CC1=CC2=CC(C3CC4C(C3)C4(F)F)=NC2C(N2C3CC4CC2C(C3)O4)=N1. The van der Waals surface area contributed by atoms with E-state index in [2.05, 4.69) is 17.1 Å². The van der Waals surface area contributed by atoms with E-state index in [0.29, 0.717) is 37.1 Å². The average molecular weight is 371 g/mol. The van der Waals surface area contributed by atoms with Gasteiger partial charge in [-0.25, -0.2) is 13.8 Å². The summed E-state index contributed by atoms with van der Waals surface area (Å²) in [5, 5.41) is 0. The van der Waals surface area contributed by atoms with E-state index in [0.717, 1.165) is 36.5 Å². The number of hydrogen-bond donors (Lipinski definition) is 0. The monoisotopic (exact) mass is 371 g/mol. The third-order valence-electron chi connectivity index (χ3n) is 8.04. The second kappa shape index (κ2) is 4.70. The van der Waals surface area contributed by atoms with Crippen LogP contribution in [0.15, 0.2) is 33.4 Å². The molecular formula is C21H23F2N3O. The van der Waals surface area contributed by atoms with Crippen molar-refractivity contribution in [1.29, 1.82) is 0 Å². The topological polar surface area (TPSA) is 37.2 Å². The second-order valence-corrected chi connectivity index (χ2v) is 9.54. The van der Waals surface area contributed by atoms with Gasteiger partial charge in [0.15, 0.2) is 0 Å². The molecule has 7 atom stereocenters. The molecule has 4 nitrogen and oxygen atoms in total. The molecule has 7 unspecified atom stereocenters. The van der Waals surface area contributed by atoms with E-state index in [-0.39, 0.29) is 12.0 Å². The number of ether oxygens (including phenoxy) is 1. The molecule has 27 heavy (non-hydrogen) atoms. The van der Waals surface area contributed by atoms with E-state index in [1.165, 1.54) is 5.57 Å². The summed E-state index contributed by atoms with van der Waals surface area (Å²) >= 11 is 0. The number of alkyl halides is 2. The lowest BCUT2D eigenvalue weighted by molar-refractivity contribution is 0.00744. The van der Waals surface area contributed by atoms with Gasteiger partial charge in [-0.15, -0.1) is 0 Å². The third kappa shape index (κ3) is 1.90. The number of rotatable bonds is 1. The molecule has 4 saturated heterocycles. The van der Waals surface area contributed by atoms with E-state index < -0.39 is 17.8 Å². The molecule has 8 aliphatic rings. The summed E-state index contributed by atoms with van der Waals surface area (Å²) in [4.78, 5) is 12.5. The Balaban J connectivity index is 1.20. The zero-order chi connectivity index (χ0) is 18.1. The minimum Gasteiger partial charge on any atom is -0.373 e. The first-order valence-corrected chi connectivity index (χ1v) is 10.4. The van der Waals surface area contributed by atoms with Crippen LogP contribution in [0.2, 0.25) is 0 Å². The van der Waals surface area contributed by atoms with Crippen molar-refractivity contribution < 1.29 is 13.5 Å². The minimum absolute atomic E-state index is 0.0421. The molecule has 6 fully saturated rings. The van der Waals surface area contributed by atoms with Crippen LogP contribution in [0.3, 0.4) is 0 Å². The van der Waals surface area contributed by atoms with Crippen LogP contribution in [0, 0.1) is 17.8 Å². The van der Waals surface area contributed by atoms with Crippen LogP contribution in [0.25, 0.3) is 0 Å². The number of allylic oxidation sites excluding steroid dienone is 2. The summed E-state index contributed by atoms with van der Waals surface area (Å²) in [5.74, 6) is -1.95. The molecule has 2 saturated carbocycles. The quantitative estimate of drug-likeness (QED) is 0.709. The maximum absolute atomic E-state index is 13.6. The molecule has 0 aromatic carbocycles. The van der Waals surface area contributed by atoms with Crippen molar-refractivity contribution in [3.63, 3.8) is 0 Å². The van der Waals surface area contributed by atoms with Gasteiger partial charge in [-0.2, -0.15) is 0 Å². The molecule has 6 aliphatic heterocycles. The van der Waals surface area contributed by atoms with Gasteiger partial charge >= 0.3 is 0 Å². The van der Waals surface area contributed by atoms with E-state index >= 15 is 0 Å². The normalized spacial score (nSPS) is 50.3. The van der Waals surface area contributed by atoms with Crippen molar-refractivity contribution in [3.8, 4) is 0 Å². The van der Waals surface area contributed by atoms with Crippen LogP contribution in [0.4, 0.5) is 8.78 Å². The fourth-order valence-corrected chi connectivity index (χ4v) is 6.82. The predicted molar refractivity (Wildman–Crippen MR) is 97.1 cm³/mol. The zero-order valence-corrected chi connectivity index (χ0v) is 15.3. The zero-order valence-electron chi connectivity index (χ0n) is 15.3. The third-order valence-corrected chi connectivity index (χ3v) is 8.04.